The first kappa shape index (κ1) is 19.7. The minimum absolute atomic E-state index is 0.0295. The van der Waals surface area contributed by atoms with Crippen LogP contribution in [0.2, 0.25) is 0 Å². The lowest BCUT2D eigenvalue weighted by Crippen LogP contribution is -2.42. The average Bonchev–Trinajstić information content (AvgIpc) is 2.58. The molecule has 0 saturated carbocycles. The quantitative estimate of drug-likeness (QED) is 0.737. The van der Waals surface area contributed by atoms with Gasteiger partial charge >= 0.3 is 0 Å². The van der Waals surface area contributed by atoms with Crippen LogP contribution in [-0.2, 0) is 14.8 Å². The van der Waals surface area contributed by atoms with E-state index in [4.69, 9.17) is 4.74 Å². The highest BCUT2D eigenvalue weighted by atomic mass is 32.2. The molecule has 9 heteroatoms. The van der Waals surface area contributed by atoms with Crippen molar-refractivity contribution >= 4 is 15.9 Å². The summed E-state index contributed by atoms with van der Waals surface area (Å²) in [5.41, 5.74) is 0.171. The van der Waals surface area contributed by atoms with E-state index in [1.807, 2.05) is 0 Å². The van der Waals surface area contributed by atoms with E-state index in [1.165, 1.54) is 36.3 Å². The molecule has 6 nitrogen and oxygen atoms in total. The Morgan fingerprint density at radius 3 is 2.64 bits per heavy atom. The number of halogens is 2. The van der Waals surface area contributed by atoms with E-state index in [-0.39, 0.29) is 42.9 Å². The lowest BCUT2D eigenvalue weighted by molar-refractivity contribution is -0.0494. The molecule has 1 amide bonds. The molecule has 1 aliphatic heterocycles. The third kappa shape index (κ3) is 5.45. The van der Waals surface area contributed by atoms with Gasteiger partial charge in [0.1, 0.15) is 0 Å². The number of carbonyl (C=O) groups is 1. The maximum atomic E-state index is 13.2. The summed E-state index contributed by atoms with van der Waals surface area (Å²) < 4.78 is 58.2. The van der Waals surface area contributed by atoms with Crippen LogP contribution in [0.1, 0.15) is 29.6 Å². The zero-order valence-electron chi connectivity index (χ0n) is 14.0. The minimum Gasteiger partial charge on any atom is -0.385 e. The fourth-order valence-electron chi connectivity index (χ4n) is 2.52. The van der Waals surface area contributed by atoms with Gasteiger partial charge in [-0.25, -0.2) is 21.9 Å². The highest BCUT2D eigenvalue weighted by molar-refractivity contribution is 7.89. The van der Waals surface area contributed by atoms with Crippen LogP contribution >= 0.6 is 0 Å². The second kappa shape index (κ2) is 8.20. The summed E-state index contributed by atoms with van der Waals surface area (Å²) in [5, 5.41) is 0. The first-order valence-electron chi connectivity index (χ1n) is 8.01. The van der Waals surface area contributed by atoms with Crippen molar-refractivity contribution in [1.82, 2.24) is 9.62 Å². The number of rotatable bonds is 7. The normalized spacial score (nSPS) is 17.5. The summed E-state index contributed by atoms with van der Waals surface area (Å²) in [5.74, 6) is -3.18. The number of hydrogen-bond acceptors (Lipinski definition) is 4. The average molecular weight is 376 g/mol. The van der Waals surface area contributed by atoms with Crippen LogP contribution in [-0.4, -0.2) is 58.5 Å². The van der Waals surface area contributed by atoms with Crippen molar-refractivity contribution in [2.45, 2.75) is 30.1 Å². The number of ether oxygens (including phenoxy) is 1. The molecule has 0 radical (unpaired) electrons. The van der Waals surface area contributed by atoms with Crippen molar-refractivity contribution in [3.05, 3.63) is 29.8 Å². The minimum atomic E-state index is -3.74. The number of piperidine rings is 1. The Morgan fingerprint density at radius 1 is 1.32 bits per heavy atom. The SMILES string of the molecule is COCCCNS(=O)(=O)c1cccc(C(=O)N2CCC(F)(F)CC2)c1. The highest BCUT2D eigenvalue weighted by Gasteiger charge is 2.35. The topological polar surface area (TPSA) is 75.7 Å². The second-order valence-corrected chi connectivity index (χ2v) is 7.69. The van der Waals surface area contributed by atoms with Gasteiger partial charge in [0.15, 0.2) is 0 Å². The molecule has 0 aliphatic carbocycles. The molecular formula is C16H22F2N2O4S. The predicted octanol–water partition coefficient (Wildman–Crippen LogP) is 1.87. The van der Waals surface area contributed by atoms with Gasteiger partial charge in [0.05, 0.1) is 4.90 Å². The molecule has 0 spiro atoms. The van der Waals surface area contributed by atoms with Crippen molar-refractivity contribution in [2.24, 2.45) is 0 Å². The van der Waals surface area contributed by atoms with Crippen molar-refractivity contribution in [3.63, 3.8) is 0 Å². The maximum Gasteiger partial charge on any atom is 0.253 e. The molecule has 1 aromatic carbocycles. The van der Waals surface area contributed by atoms with E-state index in [1.54, 1.807) is 0 Å². The molecular weight excluding hydrogens is 354 g/mol. The van der Waals surface area contributed by atoms with Crippen LogP contribution in [0.15, 0.2) is 29.2 Å². The summed E-state index contributed by atoms with van der Waals surface area (Å²) in [7, 11) is -2.21. The van der Waals surface area contributed by atoms with Crippen molar-refractivity contribution in [3.8, 4) is 0 Å². The van der Waals surface area contributed by atoms with Crippen LogP contribution < -0.4 is 4.72 Å². The lowest BCUT2D eigenvalue weighted by Gasteiger charge is -2.31. The van der Waals surface area contributed by atoms with Crippen molar-refractivity contribution in [1.29, 1.82) is 0 Å². The Morgan fingerprint density at radius 2 is 2.00 bits per heavy atom. The van der Waals surface area contributed by atoms with Gasteiger partial charge in [-0.05, 0) is 24.6 Å². The molecule has 0 aromatic heterocycles. The Bertz CT molecular complexity index is 700. The fourth-order valence-corrected chi connectivity index (χ4v) is 3.64. The number of carbonyl (C=O) groups excluding carboxylic acids is 1. The summed E-state index contributed by atoms with van der Waals surface area (Å²) >= 11 is 0. The summed E-state index contributed by atoms with van der Waals surface area (Å²) in [6.07, 6.45) is -0.230. The first-order chi connectivity index (χ1) is 11.7. The molecule has 2 rings (SSSR count). The van der Waals surface area contributed by atoms with Gasteiger partial charge in [0, 0.05) is 51.8 Å². The van der Waals surface area contributed by atoms with Crippen LogP contribution in [0.3, 0.4) is 0 Å². The predicted molar refractivity (Wildman–Crippen MR) is 88.2 cm³/mol. The zero-order chi connectivity index (χ0) is 18.5. The van der Waals surface area contributed by atoms with Gasteiger partial charge in [-0.3, -0.25) is 4.79 Å². The molecule has 0 unspecified atom stereocenters. The molecule has 0 atom stereocenters. The molecule has 0 bridgehead atoms. The summed E-state index contributed by atoms with van der Waals surface area (Å²) in [6.45, 7) is 0.562. The molecule has 1 fully saturated rings. The Balaban J connectivity index is 2.06. The third-order valence-electron chi connectivity index (χ3n) is 3.99. The molecule has 140 valence electrons. The van der Waals surface area contributed by atoms with E-state index in [0.717, 1.165) is 0 Å². The highest BCUT2D eigenvalue weighted by Crippen LogP contribution is 2.28. The summed E-state index contributed by atoms with van der Waals surface area (Å²) in [6, 6.07) is 5.61. The zero-order valence-corrected chi connectivity index (χ0v) is 14.8. The van der Waals surface area contributed by atoms with E-state index in [2.05, 4.69) is 4.72 Å². The van der Waals surface area contributed by atoms with Crippen LogP contribution in [0.25, 0.3) is 0 Å². The molecule has 1 aliphatic rings. The number of nitrogens with one attached hydrogen (secondary N) is 1. The molecule has 1 saturated heterocycles. The smallest absolute Gasteiger partial charge is 0.253 e. The number of methoxy groups -OCH3 is 1. The van der Waals surface area contributed by atoms with E-state index < -0.39 is 21.9 Å². The second-order valence-electron chi connectivity index (χ2n) is 5.92. The van der Waals surface area contributed by atoms with E-state index in [9.17, 15) is 22.0 Å². The number of sulfonamides is 1. The standard InChI is InChI=1S/C16H22F2N2O4S/c1-24-11-3-8-19-25(22,23)14-5-2-4-13(12-14)15(21)20-9-6-16(17,18)7-10-20/h2,4-5,12,19H,3,6-11H2,1H3. The Labute approximate surface area is 146 Å². The first-order valence-corrected chi connectivity index (χ1v) is 9.49. The van der Waals surface area contributed by atoms with Crippen molar-refractivity contribution < 1.29 is 26.7 Å². The van der Waals surface area contributed by atoms with Gasteiger partial charge in [0.25, 0.3) is 11.8 Å². The molecule has 25 heavy (non-hydrogen) atoms. The monoisotopic (exact) mass is 376 g/mol. The van der Waals surface area contributed by atoms with Crippen LogP contribution in [0.4, 0.5) is 8.78 Å². The Hall–Kier alpha value is -1.58. The number of amides is 1. The van der Waals surface area contributed by atoms with Crippen molar-refractivity contribution in [2.75, 3.05) is 33.4 Å². The van der Waals surface area contributed by atoms with Gasteiger partial charge in [-0.1, -0.05) is 6.07 Å². The van der Waals surface area contributed by atoms with Gasteiger partial charge in [-0.2, -0.15) is 0 Å². The van der Waals surface area contributed by atoms with Gasteiger partial charge < -0.3 is 9.64 Å². The number of likely N-dealkylation sites (tertiary alicyclic amines) is 1. The number of benzene rings is 1. The van der Waals surface area contributed by atoms with Crippen LogP contribution in [0, 0.1) is 0 Å². The largest absolute Gasteiger partial charge is 0.385 e. The van der Waals surface area contributed by atoms with Gasteiger partial charge in [-0.15, -0.1) is 0 Å². The molecule has 1 heterocycles. The fraction of sp³-hybridized carbons (Fsp3) is 0.562. The number of hydrogen-bond donors (Lipinski definition) is 1. The molecule has 1 N–H and O–H groups in total. The lowest BCUT2D eigenvalue weighted by atomic mass is 10.1. The third-order valence-corrected chi connectivity index (χ3v) is 5.45. The molecule has 1 aromatic rings. The Kier molecular flexibility index (Phi) is 6.47. The number of nitrogens with zero attached hydrogens (tertiary/aromatic N) is 1. The summed E-state index contributed by atoms with van der Waals surface area (Å²) in [4.78, 5) is 13.7. The van der Waals surface area contributed by atoms with E-state index in [0.29, 0.717) is 13.0 Å². The maximum absolute atomic E-state index is 13.2. The van der Waals surface area contributed by atoms with E-state index >= 15 is 0 Å². The number of alkyl halides is 2. The van der Waals surface area contributed by atoms with Gasteiger partial charge in [0.2, 0.25) is 10.0 Å². The van der Waals surface area contributed by atoms with Crippen LogP contribution in [0.5, 0.6) is 0 Å².